The number of aromatic amines is 1. The summed E-state index contributed by atoms with van der Waals surface area (Å²) in [6.45, 7) is 2.48. The zero-order valence-corrected chi connectivity index (χ0v) is 7.92. The predicted octanol–water partition coefficient (Wildman–Crippen LogP) is 0.650. The summed E-state index contributed by atoms with van der Waals surface area (Å²) in [6, 6.07) is 1.68. The zero-order valence-electron chi connectivity index (χ0n) is 7.92. The molecule has 74 valence electrons. The Morgan fingerprint density at radius 1 is 1.57 bits per heavy atom. The van der Waals surface area contributed by atoms with Crippen LogP contribution in [0.25, 0.3) is 0 Å². The number of pyridine rings is 1. The van der Waals surface area contributed by atoms with E-state index < -0.39 is 0 Å². The molecule has 0 atom stereocenters. The summed E-state index contributed by atoms with van der Waals surface area (Å²) < 4.78 is 5.20. The van der Waals surface area contributed by atoms with Crippen molar-refractivity contribution >= 4 is 5.78 Å². The number of hydrogen-bond donors (Lipinski definition) is 1. The van der Waals surface area contributed by atoms with Crippen LogP contribution in [0.1, 0.15) is 28.5 Å². The minimum Gasteiger partial charge on any atom is -0.375 e. The van der Waals surface area contributed by atoms with Gasteiger partial charge in [-0.05, 0) is 25.0 Å². The van der Waals surface area contributed by atoms with Gasteiger partial charge in [-0.15, -0.1) is 0 Å². The summed E-state index contributed by atoms with van der Waals surface area (Å²) >= 11 is 0. The third-order valence-electron chi connectivity index (χ3n) is 2.36. The van der Waals surface area contributed by atoms with Crippen LogP contribution in [0.3, 0.4) is 0 Å². The number of Topliss-reactive ketones (excluding diaryl/α,β-unsaturated/α-hetero) is 1. The van der Waals surface area contributed by atoms with Crippen LogP contribution in [0, 0.1) is 0 Å². The van der Waals surface area contributed by atoms with Crippen LogP contribution in [-0.4, -0.2) is 17.4 Å². The second-order valence-electron chi connectivity index (χ2n) is 3.37. The maximum absolute atomic E-state index is 11.4. The van der Waals surface area contributed by atoms with Gasteiger partial charge in [-0.2, -0.15) is 0 Å². The van der Waals surface area contributed by atoms with E-state index in [1.165, 1.54) is 6.92 Å². The monoisotopic (exact) mass is 193 g/mol. The van der Waals surface area contributed by atoms with Crippen molar-refractivity contribution < 1.29 is 9.53 Å². The molecule has 0 unspecified atom stereocenters. The average Bonchev–Trinajstić information content (AvgIpc) is 2.16. The molecule has 1 aromatic rings. The number of hydrogen-bond acceptors (Lipinski definition) is 3. The zero-order chi connectivity index (χ0) is 10.1. The number of nitrogens with one attached hydrogen (secondary N) is 1. The van der Waals surface area contributed by atoms with Crippen LogP contribution in [0.2, 0.25) is 0 Å². The Hall–Kier alpha value is -1.42. The first-order valence-corrected chi connectivity index (χ1v) is 4.52. The van der Waals surface area contributed by atoms with E-state index in [0.717, 1.165) is 17.7 Å². The summed E-state index contributed by atoms with van der Waals surface area (Å²) in [5, 5.41) is 0. The van der Waals surface area contributed by atoms with Crippen molar-refractivity contribution in [2.75, 3.05) is 6.61 Å². The lowest BCUT2D eigenvalue weighted by atomic mass is 10.0. The molecule has 0 aliphatic carbocycles. The van der Waals surface area contributed by atoms with Crippen molar-refractivity contribution in [3.8, 4) is 0 Å². The molecule has 2 rings (SSSR count). The first-order valence-electron chi connectivity index (χ1n) is 4.52. The predicted molar refractivity (Wildman–Crippen MR) is 50.4 cm³/mol. The van der Waals surface area contributed by atoms with Crippen LogP contribution >= 0.6 is 0 Å². The molecular weight excluding hydrogens is 182 g/mol. The number of ether oxygens (including phenoxy) is 1. The number of aromatic nitrogens is 1. The fourth-order valence-electron chi connectivity index (χ4n) is 1.58. The molecule has 1 N–H and O–H groups in total. The molecule has 4 nitrogen and oxygen atoms in total. The number of fused-ring (bicyclic) bond motifs is 1. The lowest BCUT2D eigenvalue weighted by Crippen LogP contribution is -2.22. The molecule has 0 fully saturated rings. The first kappa shape index (κ1) is 9.15. The highest BCUT2D eigenvalue weighted by Crippen LogP contribution is 2.13. The molecule has 0 amide bonds. The van der Waals surface area contributed by atoms with Gasteiger partial charge < -0.3 is 9.72 Å². The van der Waals surface area contributed by atoms with E-state index in [0.29, 0.717) is 13.2 Å². The first-order chi connectivity index (χ1) is 6.68. The minimum atomic E-state index is -0.318. The molecule has 1 aromatic heterocycles. The van der Waals surface area contributed by atoms with Crippen LogP contribution in [0.5, 0.6) is 0 Å². The van der Waals surface area contributed by atoms with Gasteiger partial charge >= 0.3 is 0 Å². The van der Waals surface area contributed by atoms with Gasteiger partial charge in [0, 0.05) is 5.69 Å². The Morgan fingerprint density at radius 3 is 3.07 bits per heavy atom. The molecule has 0 saturated heterocycles. The molecule has 2 heterocycles. The van der Waals surface area contributed by atoms with Crippen molar-refractivity contribution in [3.63, 3.8) is 0 Å². The number of carbonyl (C=O) groups is 1. The fourth-order valence-corrected chi connectivity index (χ4v) is 1.58. The number of rotatable bonds is 1. The fraction of sp³-hybridized carbons (Fsp3) is 0.400. The van der Waals surface area contributed by atoms with E-state index in [9.17, 15) is 9.59 Å². The molecule has 0 radical (unpaired) electrons. The molecule has 1 aliphatic heterocycles. The molecule has 0 spiro atoms. The largest absolute Gasteiger partial charge is 0.375 e. The topological polar surface area (TPSA) is 59.2 Å². The van der Waals surface area contributed by atoms with E-state index in [-0.39, 0.29) is 16.9 Å². The Balaban J connectivity index is 2.56. The van der Waals surface area contributed by atoms with Gasteiger partial charge in [-0.25, -0.2) is 0 Å². The molecule has 0 bridgehead atoms. The molecule has 0 saturated carbocycles. The van der Waals surface area contributed by atoms with E-state index in [1.807, 2.05) is 0 Å². The van der Waals surface area contributed by atoms with Crippen LogP contribution < -0.4 is 5.56 Å². The summed E-state index contributed by atoms with van der Waals surface area (Å²) in [5.41, 5.74) is 1.74. The quantitative estimate of drug-likeness (QED) is 0.666. The van der Waals surface area contributed by atoms with Gasteiger partial charge in [0.2, 0.25) is 0 Å². The lowest BCUT2D eigenvalue weighted by molar-refractivity contribution is 0.100. The van der Waals surface area contributed by atoms with Crippen molar-refractivity contribution in [3.05, 3.63) is 33.2 Å². The van der Waals surface area contributed by atoms with Gasteiger partial charge in [-0.1, -0.05) is 0 Å². The van der Waals surface area contributed by atoms with Gasteiger partial charge in [0.25, 0.3) is 5.56 Å². The van der Waals surface area contributed by atoms with Crippen molar-refractivity contribution in [1.82, 2.24) is 4.98 Å². The van der Waals surface area contributed by atoms with Gasteiger partial charge in [0.15, 0.2) is 5.78 Å². The highest BCUT2D eigenvalue weighted by atomic mass is 16.5. The second kappa shape index (κ2) is 3.38. The Morgan fingerprint density at radius 2 is 2.36 bits per heavy atom. The van der Waals surface area contributed by atoms with Gasteiger partial charge in [-0.3, -0.25) is 9.59 Å². The van der Waals surface area contributed by atoms with E-state index >= 15 is 0 Å². The SMILES string of the molecule is CC(=O)c1cc2c([nH]c1=O)COCC2. The maximum Gasteiger partial charge on any atom is 0.259 e. The van der Waals surface area contributed by atoms with E-state index in [2.05, 4.69) is 4.98 Å². The number of carbonyl (C=O) groups excluding carboxylic acids is 1. The highest BCUT2D eigenvalue weighted by Gasteiger charge is 2.14. The standard InChI is InChI=1S/C10H11NO3/c1-6(12)8-4-7-2-3-14-5-9(7)11-10(8)13/h4H,2-3,5H2,1H3,(H,11,13). The molecule has 4 heteroatoms. The van der Waals surface area contributed by atoms with E-state index in [4.69, 9.17) is 4.74 Å². The number of H-pyrrole nitrogens is 1. The Bertz CT molecular complexity index is 433. The summed E-state index contributed by atoms with van der Waals surface area (Å²) in [7, 11) is 0. The third kappa shape index (κ3) is 1.48. The van der Waals surface area contributed by atoms with Crippen molar-refractivity contribution in [2.24, 2.45) is 0 Å². The minimum absolute atomic E-state index is 0.194. The van der Waals surface area contributed by atoms with Crippen molar-refractivity contribution in [2.45, 2.75) is 20.0 Å². The molecule has 14 heavy (non-hydrogen) atoms. The highest BCUT2D eigenvalue weighted by molar-refractivity contribution is 5.93. The van der Waals surface area contributed by atoms with E-state index in [1.54, 1.807) is 6.07 Å². The van der Waals surface area contributed by atoms with Gasteiger partial charge in [0.05, 0.1) is 18.8 Å². The van der Waals surface area contributed by atoms with Crippen LogP contribution in [-0.2, 0) is 17.8 Å². The average molecular weight is 193 g/mol. The number of ketones is 1. The second-order valence-corrected chi connectivity index (χ2v) is 3.37. The smallest absolute Gasteiger partial charge is 0.259 e. The Labute approximate surface area is 80.9 Å². The van der Waals surface area contributed by atoms with Gasteiger partial charge in [0.1, 0.15) is 0 Å². The Kier molecular flexibility index (Phi) is 2.21. The van der Waals surface area contributed by atoms with Crippen molar-refractivity contribution in [1.29, 1.82) is 0 Å². The van der Waals surface area contributed by atoms with Crippen LogP contribution in [0.15, 0.2) is 10.9 Å². The van der Waals surface area contributed by atoms with Crippen LogP contribution in [0.4, 0.5) is 0 Å². The molecule has 1 aliphatic rings. The molecular formula is C10H11NO3. The summed E-state index contributed by atoms with van der Waals surface area (Å²) in [4.78, 5) is 25.2. The third-order valence-corrected chi connectivity index (χ3v) is 2.36. The normalized spacial score (nSPS) is 14.9. The maximum atomic E-state index is 11.4. The summed E-state index contributed by atoms with van der Waals surface area (Å²) in [6.07, 6.45) is 0.756. The lowest BCUT2D eigenvalue weighted by Gasteiger charge is -2.15. The summed E-state index contributed by atoms with van der Waals surface area (Å²) in [5.74, 6) is -0.194. The molecule has 0 aromatic carbocycles.